The van der Waals surface area contributed by atoms with Gasteiger partial charge in [0.1, 0.15) is 0 Å². The summed E-state index contributed by atoms with van der Waals surface area (Å²) in [4.78, 5) is 0. The van der Waals surface area contributed by atoms with Crippen LogP contribution in [0.2, 0.25) is 0 Å². The lowest BCUT2D eigenvalue weighted by atomic mass is 10.0. The van der Waals surface area contributed by atoms with E-state index >= 15 is 0 Å². The molecule has 0 bridgehead atoms. The summed E-state index contributed by atoms with van der Waals surface area (Å²) < 4.78 is 43.2. The maximum absolute atomic E-state index is 12.6. The van der Waals surface area contributed by atoms with Crippen molar-refractivity contribution >= 4 is 0 Å². The average molecular weight is 275 g/mol. The molecule has 1 aromatic carbocycles. The van der Waals surface area contributed by atoms with Crippen LogP contribution < -0.4 is 5.32 Å². The van der Waals surface area contributed by atoms with E-state index in [2.05, 4.69) is 5.32 Å². The maximum Gasteiger partial charge on any atom is 0.416 e. The van der Waals surface area contributed by atoms with Crippen LogP contribution in [0, 0.1) is 0 Å². The molecule has 19 heavy (non-hydrogen) atoms. The third-order valence-electron chi connectivity index (χ3n) is 2.81. The first kappa shape index (κ1) is 16.0. The first-order valence-electron chi connectivity index (χ1n) is 6.38. The second-order valence-electron chi connectivity index (χ2n) is 4.46. The maximum atomic E-state index is 12.6. The first-order valence-corrected chi connectivity index (χ1v) is 6.38. The fourth-order valence-corrected chi connectivity index (χ4v) is 1.77. The minimum Gasteiger partial charge on any atom is -0.380 e. The van der Waals surface area contributed by atoms with Gasteiger partial charge in [-0.2, -0.15) is 13.2 Å². The number of hydrogen-bond donors (Lipinski definition) is 1. The van der Waals surface area contributed by atoms with Crippen LogP contribution in [-0.2, 0) is 17.3 Å². The number of likely N-dealkylation sites (N-methyl/N-ethyl adjacent to an activating group) is 1. The standard InChI is InChI=1S/C14H20F3NO/c1-3-7-19-10-13(18-2)9-11-5-4-6-12(8-11)14(15,16)17/h4-6,8,13,18H,3,7,9-10H2,1-2H3. The van der Waals surface area contributed by atoms with Crippen LogP contribution >= 0.6 is 0 Å². The van der Waals surface area contributed by atoms with Gasteiger partial charge in [-0.05, 0) is 31.5 Å². The molecule has 1 atom stereocenters. The molecule has 1 aromatic rings. The second-order valence-corrected chi connectivity index (χ2v) is 4.46. The third kappa shape index (κ3) is 5.61. The van der Waals surface area contributed by atoms with E-state index < -0.39 is 11.7 Å². The number of benzene rings is 1. The van der Waals surface area contributed by atoms with Gasteiger partial charge in [0.25, 0.3) is 0 Å². The largest absolute Gasteiger partial charge is 0.416 e. The number of nitrogens with one attached hydrogen (secondary N) is 1. The highest BCUT2D eigenvalue weighted by Crippen LogP contribution is 2.29. The summed E-state index contributed by atoms with van der Waals surface area (Å²) in [6, 6.07) is 5.46. The quantitative estimate of drug-likeness (QED) is 0.771. The van der Waals surface area contributed by atoms with Crippen molar-refractivity contribution in [2.24, 2.45) is 0 Å². The number of hydrogen-bond acceptors (Lipinski definition) is 2. The molecule has 108 valence electrons. The van der Waals surface area contributed by atoms with Gasteiger partial charge < -0.3 is 10.1 Å². The Kier molecular flexibility index (Phi) is 6.31. The SMILES string of the molecule is CCCOCC(Cc1cccc(C(F)(F)F)c1)NC. The zero-order valence-electron chi connectivity index (χ0n) is 11.3. The summed E-state index contributed by atoms with van der Waals surface area (Å²) in [5, 5.41) is 3.06. The van der Waals surface area contributed by atoms with E-state index in [0.29, 0.717) is 25.2 Å². The van der Waals surface area contributed by atoms with E-state index in [9.17, 15) is 13.2 Å². The molecule has 1 rings (SSSR count). The van der Waals surface area contributed by atoms with Crippen molar-refractivity contribution in [2.45, 2.75) is 32.0 Å². The van der Waals surface area contributed by atoms with Gasteiger partial charge in [0.15, 0.2) is 0 Å². The highest BCUT2D eigenvalue weighted by molar-refractivity contribution is 5.26. The van der Waals surface area contributed by atoms with Crippen molar-refractivity contribution < 1.29 is 17.9 Å². The van der Waals surface area contributed by atoms with E-state index in [1.807, 2.05) is 6.92 Å². The molecule has 0 amide bonds. The molecule has 1 unspecified atom stereocenters. The molecule has 0 aliphatic rings. The number of halogens is 3. The predicted molar refractivity (Wildman–Crippen MR) is 69.1 cm³/mol. The van der Waals surface area contributed by atoms with Crippen molar-refractivity contribution in [3.8, 4) is 0 Å². The average Bonchev–Trinajstić information content (AvgIpc) is 2.37. The van der Waals surface area contributed by atoms with Gasteiger partial charge >= 0.3 is 6.18 Å². The predicted octanol–water partition coefficient (Wildman–Crippen LogP) is 3.26. The van der Waals surface area contributed by atoms with E-state index in [4.69, 9.17) is 4.74 Å². The van der Waals surface area contributed by atoms with Crippen molar-refractivity contribution in [3.63, 3.8) is 0 Å². The summed E-state index contributed by atoms with van der Waals surface area (Å²) in [6.07, 6.45) is -2.84. The summed E-state index contributed by atoms with van der Waals surface area (Å²) in [5.74, 6) is 0. The monoisotopic (exact) mass is 275 g/mol. The molecule has 2 nitrogen and oxygen atoms in total. The van der Waals surface area contributed by atoms with Gasteiger partial charge in [-0.1, -0.05) is 25.1 Å². The van der Waals surface area contributed by atoms with Crippen molar-refractivity contribution in [3.05, 3.63) is 35.4 Å². The van der Waals surface area contributed by atoms with Crippen LogP contribution in [0.4, 0.5) is 13.2 Å². The molecular formula is C14H20F3NO. The molecule has 0 heterocycles. The van der Waals surface area contributed by atoms with Gasteiger partial charge in [-0.15, -0.1) is 0 Å². The van der Waals surface area contributed by atoms with Crippen molar-refractivity contribution in [1.29, 1.82) is 0 Å². The van der Waals surface area contributed by atoms with Crippen LogP contribution in [-0.4, -0.2) is 26.3 Å². The molecule has 0 saturated carbocycles. The van der Waals surface area contributed by atoms with Crippen LogP contribution in [0.25, 0.3) is 0 Å². The minimum atomic E-state index is -4.29. The molecule has 0 fully saturated rings. The fraction of sp³-hybridized carbons (Fsp3) is 0.571. The Morgan fingerprint density at radius 2 is 2.05 bits per heavy atom. The van der Waals surface area contributed by atoms with Crippen molar-refractivity contribution in [2.75, 3.05) is 20.3 Å². The van der Waals surface area contributed by atoms with E-state index in [-0.39, 0.29) is 6.04 Å². The number of ether oxygens (including phenoxy) is 1. The van der Waals surface area contributed by atoms with E-state index in [0.717, 1.165) is 12.5 Å². The molecule has 0 spiro atoms. The Balaban J connectivity index is 2.64. The topological polar surface area (TPSA) is 21.3 Å². The Bertz CT molecular complexity index is 379. The summed E-state index contributed by atoms with van der Waals surface area (Å²) >= 11 is 0. The summed E-state index contributed by atoms with van der Waals surface area (Å²) in [5.41, 5.74) is 0.0589. The van der Waals surface area contributed by atoms with Gasteiger partial charge in [-0.25, -0.2) is 0 Å². The molecule has 0 aliphatic carbocycles. The Morgan fingerprint density at radius 1 is 1.32 bits per heavy atom. The van der Waals surface area contributed by atoms with Gasteiger partial charge in [-0.3, -0.25) is 0 Å². The minimum absolute atomic E-state index is 0.0232. The van der Waals surface area contributed by atoms with Crippen LogP contribution in [0.5, 0.6) is 0 Å². The first-order chi connectivity index (χ1) is 8.97. The van der Waals surface area contributed by atoms with E-state index in [1.165, 1.54) is 12.1 Å². The Hall–Kier alpha value is -1.07. The molecule has 1 N–H and O–H groups in total. The lowest BCUT2D eigenvalue weighted by molar-refractivity contribution is -0.137. The Labute approximate surface area is 112 Å². The number of alkyl halides is 3. The number of rotatable bonds is 7. The lowest BCUT2D eigenvalue weighted by Crippen LogP contribution is -2.32. The molecule has 0 aliphatic heterocycles. The molecule has 0 saturated heterocycles. The summed E-state index contributed by atoms with van der Waals surface area (Å²) in [7, 11) is 1.79. The molecule has 0 aromatic heterocycles. The molecule has 0 radical (unpaired) electrons. The zero-order chi connectivity index (χ0) is 14.3. The molecular weight excluding hydrogens is 255 g/mol. The smallest absolute Gasteiger partial charge is 0.380 e. The van der Waals surface area contributed by atoms with Crippen LogP contribution in [0.15, 0.2) is 24.3 Å². The zero-order valence-corrected chi connectivity index (χ0v) is 11.3. The highest BCUT2D eigenvalue weighted by atomic mass is 19.4. The van der Waals surface area contributed by atoms with Gasteiger partial charge in [0.2, 0.25) is 0 Å². The van der Waals surface area contributed by atoms with Crippen LogP contribution in [0.3, 0.4) is 0 Å². The Morgan fingerprint density at radius 3 is 2.63 bits per heavy atom. The third-order valence-corrected chi connectivity index (χ3v) is 2.81. The van der Waals surface area contributed by atoms with Gasteiger partial charge in [0, 0.05) is 12.6 Å². The fourth-order valence-electron chi connectivity index (χ4n) is 1.77. The van der Waals surface area contributed by atoms with Crippen molar-refractivity contribution in [1.82, 2.24) is 5.32 Å². The normalized spacial score (nSPS) is 13.5. The van der Waals surface area contributed by atoms with E-state index in [1.54, 1.807) is 13.1 Å². The van der Waals surface area contributed by atoms with Gasteiger partial charge in [0.05, 0.1) is 12.2 Å². The summed E-state index contributed by atoms with van der Waals surface area (Å²) in [6.45, 7) is 3.18. The highest BCUT2D eigenvalue weighted by Gasteiger charge is 2.30. The lowest BCUT2D eigenvalue weighted by Gasteiger charge is -2.17. The molecule has 5 heteroatoms. The second kappa shape index (κ2) is 7.50. The van der Waals surface area contributed by atoms with Crippen LogP contribution in [0.1, 0.15) is 24.5 Å².